The lowest BCUT2D eigenvalue weighted by molar-refractivity contribution is -0.0350. The minimum Gasteiger partial charge on any atom is -0.391 e. The maximum atomic E-state index is 9.21. The Balaban J connectivity index is 0.000000239. The van der Waals surface area contributed by atoms with E-state index < -0.39 is 12.2 Å². The second kappa shape index (κ2) is 7.63. The molecule has 0 aromatic rings. The van der Waals surface area contributed by atoms with Gasteiger partial charge in [0, 0.05) is 18.6 Å². The van der Waals surface area contributed by atoms with Gasteiger partial charge in [-0.05, 0) is 57.8 Å². The van der Waals surface area contributed by atoms with E-state index >= 15 is 0 Å². The summed E-state index contributed by atoms with van der Waals surface area (Å²) in [5.74, 6) is 2.07. The lowest BCUT2D eigenvalue weighted by atomic mass is 9.82. The minimum atomic E-state index is -0.634. The van der Waals surface area contributed by atoms with Crippen molar-refractivity contribution < 1.29 is 10.2 Å². The fourth-order valence-corrected chi connectivity index (χ4v) is 3.68. The second-order valence-electron chi connectivity index (χ2n) is 9.43. The monoisotopic (exact) mass is 313 g/mol. The fraction of sp³-hybridized carbons (Fsp3) is 1.00. The molecule has 1 heterocycles. The zero-order valence-electron chi connectivity index (χ0n) is 15.9. The predicted octanol–water partition coefficient (Wildman–Crippen LogP) is 3.68. The molecule has 2 aliphatic rings. The van der Waals surface area contributed by atoms with E-state index in [4.69, 9.17) is 5.11 Å². The molecular formula is C19H39NO2. The van der Waals surface area contributed by atoms with Gasteiger partial charge in [0.2, 0.25) is 0 Å². The normalized spacial score (nSPS) is 29.3. The van der Waals surface area contributed by atoms with Crippen LogP contribution in [0.5, 0.6) is 0 Å². The van der Waals surface area contributed by atoms with E-state index in [-0.39, 0.29) is 5.41 Å². The van der Waals surface area contributed by atoms with Crippen LogP contribution in [-0.2, 0) is 0 Å². The minimum absolute atomic E-state index is 0.214. The number of aliphatic hydroxyl groups excluding tert-OH is 2. The van der Waals surface area contributed by atoms with Crippen LogP contribution in [0.15, 0.2) is 0 Å². The molecule has 2 rings (SSSR count). The molecule has 0 spiro atoms. The van der Waals surface area contributed by atoms with Crippen LogP contribution in [-0.4, -0.2) is 45.9 Å². The van der Waals surface area contributed by atoms with Crippen molar-refractivity contribution in [2.24, 2.45) is 17.3 Å². The molecule has 4 atom stereocenters. The van der Waals surface area contributed by atoms with Gasteiger partial charge in [0.05, 0.1) is 12.2 Å². The summed E-state index contributed by atoms with van der Waals surface area (Å²) in [7, 11) is 0. The van der Waals surface area contributed by atoms with E-state index in [1.54, 1.807) is 6.92 Å². The molecule has 1 aliphatic heterocycles. The third-order valence-electron chi connectivity index (χ3n) is 5.27. The first kappa shape index (κ1) is 19.9. The van der Waals surface area contributed by atoms with Crippen molar-refractivity contribution in [1.29, 1.82) is 0 Å². The summed E-state index contributed by atoms with van der Waals surface area (Å²) in [6, 6.07) is 0. The Labute approximate surface area is 138 Å². The molecule has 3 unspecified atom stereocenters. The molecule has 2 N–H and O–H groups in total. The Hall–Kier alpha value is -0.120. The average molecular weight is 314 g/mol. The average Bonchev–Trinajstić information content (AvgIpc) is 2.81. The molecule has 1 saturated carbocycles. The van der Waals surface area contributed by atoms with Crippen molar-refractivity contribution >= 4 is 0 Å². The quantitative estimate of drug-likeness (QED) is 0.776. The van der Waals surface area contributed by atoms with E-state index in [9.17, 15) is 5.11 Å². The number of rotatable bonds is 1. The second-order valence-corrected chi connectivity index (χ2v) is 9.43. The third kappa shape index (κ3) is 5.82. The predicted molar refractivity (Wildman–Crippen MR) is 93.9 cm³/mol. The first-order valence-corrected chi connectivity index (χ1v) is 9.04. The first-order chi connectivity index (χ1) is 9.93. The lowest BCUT2D eigenvalue weighted by Crippen LogP contribution is -2.39. The van der Waals surface area contributed by atoms with Crippen LogP contribution in [0.2, 0.25) is 0 Å². The Morgan fingerprint density at radius 2 is 1.27 bits per heavy atom. The fourth-order valence-electron chi connectivity index (χ4n) is 3.68. The number of nitrogens with zero attached hydrogens (tertiary/aromatic N) is 1. The third-order valence-corrected chi connectivity index (χ3v) is 5.27. The van der Waals surface area contributed by atoms with Gasteiger partial charge >= 0.3 is 0 Å². The van der Waals surface area contributed by atoms with Crippen LogP contribution in [0.3, 0.4) is 0 Å². The summed E-state index contributed by atoms with van der Waals surface area (Å²) in [6.07, 6.45) is 4.70. The Morgan fingerprint density at radius 3 is 1.50 bits per heavy atom. The molecular weight excluding hydrogens is 274 g/mol. The molecule has 22 heavy (non-hydrogen) atoms. The number of fused-ring (bicyclic) bond motifs is 1. The summed E-state index contributed by atoms with van der Waals surface area (Å²) in [5.41, 5.74) is 0.186. The van der Waals surface area contributed by atoms with Gasteiger partial charge in [0.1, 0.15) is 0 Å². The van der Waals surface area contributed by atoms with Gasteiger partial charge in [-0.15, -0.1) is 0 Å². The highest BCUT2D eigenvalue weighted by molar-refractivity contribution is 4.91. The van der Waals surface area contributed by atoms with Gasteiger partial charge in [-0.1, -0.05) is 33.6 Å². The molecule has 0 radical (unpaired) electrons. The Morgan fingerprint density at radius 1 is 0.864 bits per heavy atom. The maximum Gasteiger partial charge on any atom is 0.0844 e. The standard InChI is InChI=1S/C12H23N.C7H16O2/c1-12(2,3)13-8-10-6-4-5-7-11(10)9-13;1-5(8)6(9)7(2,3)4/h10-11H,4-9H2,1-3H3;5-6,8-9H,1-4H3/t;5-,6?/m.1/s1. The number of hydrogen-bond donors (Lipinski definition) is 2. The van der Waals surface area contributed by atoms with Crippen LogP contribution in [0, 0.1) is 17.3 Å². The summed E-state index contributed by atoms with van der Waals surface area (Å²) in [6.45, 7) is 17.1. The van der Waals surface area contributed by atoms with Crippen molar-refractivity contribution in [3.8, 4) is 0 Å². The highest BCUT2D eigenvalue weighted by Crippen LogP contribution is 2.38. The van der Waals surface area contributed by atoms with Gasteiger partial charge in [-0.25, -0.2) is 0 Å². The van der Waals surface area contributed by atoms with Crippen LogP contribution in [0.25, 0.3) is 0 Å². The summed E-state index contributed by atoms with van der Waals surface area (Å²) in [4.78, 5) is 2.69. The Bertz CT molecular complexity index is 313. The number of aliphatic hydroxyl groups is 2. The SMILES string of the molecule is CC(C)(C)N1CC2CCCCC2C1.C[C@@H](O)C(O)C(C)(C)C. The van der Waals surface area contributed by atoms with Crippen LogP contribution in [0.1, 0.15) is 74.1 Å². The van der Waals surface area contributed by atoms with Gasteiger partial charge < -0.3 is 10.2 Å². The van der Waals surface area contributed by atoms with Crippen molar-refractivity contribution in [3.63, 3.8) is 0 Å². The smallest absolute Gasteiger partial charge is 0.0844 e. The molecule has 132 valence electrons. The number of likely N-dealkylation sites (tertiary alicyclic amines) is 1. The summed E-state index contributed by atoms with van der Waals surface area (Å²) in [5, 5.41) is 18.1. The summed E-state index contributed by atoms with van der Waals surface area (Å²) >= 11 is 0. The van der Waals surface area contributed by atoms with E-state index in [0.29, 0.717) is 5.54 Å². The molecule has 0 amide bonds. The van der Waals surface area contributed by atoms with Gasteiger partial charge in [-0.3, -0.25) is 4.90 Å². The highest BCUT2D eigenvalue weighted by Gasteiger charge is 2.38. The first-order valence-electron chi connectivity index (χ1n) is 9.04. The zero-order valence-corrected chi connectivity index (χ0v) is 15.9. The molecule has 1 aliphatic carbocycles. The molecule has 1 saturated heterocycles. The number of hydrogen-bond acceptors (Lipinski definition) is 3. The summed E-state index contributed by atoms with van der Waals surface area (Å²) < 4.78 is 0. The van der Waals surface area contributed by atoms with Crippen molar-refractivity contribution in [3.05, 3.63) is 0 Å². The Kier molecular flexibility index (Phi) is 6.91. The van der Waals surface area contributed by atoms with Crippen LogP contribution >= 0.6 is 0 Å². The van der Waals surface area contributed by atoms with E-state index in [0.717, 1.165) is 11.8 Å². The van der Waals surface area contributed by atoms with Crippen LogP contribution in [0.4, 0.5) is 0 Å². The zero-order chi connectivity index (χ0) is 17.1. The topological polar surface area (TPSA) is 43.7 Å². The van der Waals surface area contributed by atoms with Gasteiger partial charge in [-0.2, -0.15) is 0 Å². The van der Waals surface area contributed by atoms with Gasteiger partial charge in [0.25, 0.3) is 0 Å². The molecule has 3 nitrogen and oxygen atoms in total. The molecule has 0 aromatic heterocycles. The molecule has 0 bridgehead atoms. The van der Waals surface area contributed by atoms with Crippen molar-refractivity contribution in [1.82, 2.24) is 4.90 Å². The van der Waals surface area contributed by atoms with Crippen molar-refractivity contribution in [2.75, 3.05) is 13.1 Å². The van der Waals surface area contributed by atoms with Crippen LogP contribution < -0.4 is 0 Å². The lowest BCUT2D eigenvalue weighted by Gasteiger charge is -2.31. The largest absolute Gasteiger partial charge is 0.391 e. The molecule has 0 aromatic carbocycles. The van der Waals surface area contributed by atoms with E-state index in [2.05, 4.69) is 25.7 Å². The van der Waals surface area contributed by atoms with Gasteiger partial charge in [0.15, 0.2) is 0 Å². The molecule has 3 heteroatoms. The van der Waals surface area contributed by atoms with Crippen molar-refractivity contribution in [2.45, 2.75) is 91.9 Å². The van der Waals surface area contributed by atoms with E-state index in [1.165, 1.54) is 38.8 Å². The maximum absolute atomic E-state index is 9.21. The van der Waals surface area contributed by atoms with E-state index in [1.807, 2.05) is 20.8 Å². The molecule has 2 fully saturated rings. The highest BCUT2D eigenvalue weighted by atomic mass is 16.3.